The van der Waals surface area contributed by atoms with Crippen LogP contribution in [0.5, 0.6) is 11.5 Å². The van der Waals surface area contributed by atoms with E-state index in [0.29, 0.717) is 28.6 Å². The van der Waals surface area contributed by atoms with Crippen molar-refractivity contribution in [2.45, 2.75) is 32.5 Å². The first kappa shape index (κ1) is 19.5. The van der Waals surface area contributed by atoms with Gasteiger partial charge in [-0.05, 0) is 36.2 Å². The second-order valence-electron chi connectivity index (χ2n) is 5.68. The molecular formula is C19H23ClFNO3. The number of ether oxygens (including phenoxy) is 2. The number of methoxy groups -OCH3 is 1. The Morgan fingerprint density at radius 2 is 2.00 bits per heavy atom. The van der Waals surface area contributed by atoms with E-state index in [-0.39, 0.29) is 25.1 Å². The zero-order chi connectivity index (χ0) is 18.2. The van der Waals surface area contributed by atoms with Gasteiger partial charge in [-0.25, -0.2) is 4.39 Å². The van der Waals surface area contributed by atoms with Crippen LogP contribution in [-0.2, 0) is 13.2 Å². The van der Waals surface area contributed by atoms with E-state index < -0.39 is 0 Å². The molecule has 4 nitrogen and oxygen atoms in total. The Hall–Kier alpha value is -1.82. The fraction of sp³-hybridized carbons (Fsp3) is 0.368. The minimum Gasteiger partial charge on any atom is -0.493 e. The first-order valence-electron chi connectivity index (χ1n) is 8.15. The number of aliphatic hydroxyl groups excluding tert-OH is 1. The molecular weight excluding hydrogens is 345 g/mol. The quantitative estimate of drug-likeness (QED) is 0.705. The monoisotopic (exact) mass is 367 g/mol. The highest BCUT2D eigenvalue weighted by atomic mass is 35.5. The van der Waals surface area contributed by atoms with Crippen LogP contribution in [0.25, 0.3) is 0 Å². The van der Waals surface area contributed by atoms with E-state index in [0.717, 1.165) is 12.0 Å². The number of aliphatic hydroxyl groups is 1. The number of benzene rings is 2. The highest BCUT2D eigenvalue weighted by molar-refractivity contribution is 6.31. The number of halogens is 2. The van der Waals surface area contributed by atoms with E-state index in [2.05, 4.69) is 5.32 Å². The maximum Gasteiger partial charge on any atom is 0.161 e. The molecule has 0 heterocycles. The molecule has 0 spiro atoms. The zero-order valence-electron chi connectivity index (χ0n) is 14.4. The summed E-state index contributed by atoms with van der Waals surface area (Å²) in [6.45, 7) is 2.97. The van der Waals surface area contributed by atoms with Crippen LogP contribution in [0.4, 0.5) is 4.39 Å². The topological polar surface area (TPSA) is 50.7 Å². The average Bonchev–Trinajstić information content (AvgIpc) is 2.62. The smallest absolute Gasteiger partial charge is 0.161 e. The molecule has 0 aromatic heterocycles. The van der Waals surface area contributed by atoms with Crippen molar-refractivity contribution in [2.24, 2.45) is 0 Å². The summed E-state index contributed by atoms with van der Waals surface area (Å²) in [5, 5.41) is 12.8. The SMILES string of the molecule is CCC(CO)NCc1ccc(OCc2ccc(F)cc2Cl)c(OC)c1. The van der Waals surface area contributed by atoms with Crippen molar-refractivity contribution < 1.29 is 19.0 Å². The third kappa shape index (κ3) is 5.59. The molecule has 2 aromatic rings. The first-order chi connectivity index (χ1) is 12.1. The summed E-state index contributed by atoms with van der Waals surface area (Å²) in [6, 6.07) is 9.93. The van der Waals surface area contributed by atoms with Gasteiger partial charge in [-0.3, -0.25) is 0 Å². The molecule has 0 radical (unpaired) electrons. The Bertz CT molecular complexity index is 692. The van der Waals surface area contributed by atoms with Gasteiger partial charge in [-0.1, -0.05) is 30.7 Å². The van der Waals surface area contributed by atoms with E-state index in [9.17, 15) is 9.50 Å². The minimum absolute atomic E-state index is 0.0718. The zero-order valence-corrected chi connectivity index (χ0v) is 15.1. The van der Waals surface area contributed by atoms with Gasteiger partial charge >= 0.3 is 0 Å². The van der Waals surface area contributed by atoms with E-state index >= 15 is 0 Å². The molecule has 0 aliphatic heterocycles. The Kier molecular flexibility index (Phi) is 7.50. The van der Waals surface area contributed by atoms with Crippen LogP contribution in [0.15, 0.2) is 36.4 Å². The number of hydrogen-bond donors (Lipinski definition) is 2. The molecule has 0 aliphatic rings. The van der Waals surface area contributed by atoms with Gasteiger partial charge in [-0.15, -0.1) is 0 Å². The lowest BCUT2D eigenvalue weighted by atomic mass is 10.1. The maximum absolute atomic E-state index is 13.1. The number of rotatable bonds is 9. The van der Waals surface area contributed by atoms with Gasteiger partial charge in [0.2, 0.25) is 0 Å². The van der Waals surface area contributed by atoms with Crippen molar-refractivity contribution in [3.05, 3.63) is 58.4 Å². The maximum atomic E-state index is 13.1. The second kappa shape index (κ2) is 9.61. The lowest BCUT2D eigenvalue weighted by Gasteiger charge is -2.16. The summed E-state index contributed by atoms with van der Waals surface area (Å²) < 4.78 is 24.2. The first-order valence-corrected chi connectivity index (χ1v) is 8.53. The van der Waals surface area contributed by atoms with Crippen LogP contribution in [0.2, 0.25) is 5.02 Å². The van der Waals surface area contributed by atoms with Crippen LogP contribution < -0.4 is 14.8 Å². The van der Waals surface area contributed by atoms with Gasteiger partial charge in [-0.2, -0.15) is 0 Å². The standard InChI is InChI=1S/C19H23ClFNO3/c1-3-16(11-23)22-10-13-4-7-18(19(8-13)24-2)25-12-14-5-6-15(21)9-17(14)20/h4-9,16,22-23H,3,10-12H2,1-2H3. The van der Waals surface area contributed by atoms with Gasteiger partial charge in [0.05, 0.1) is 18.7 Å². The van der Waals surface area contributed by atoms with Gasteiger partial charge in [0.25, 0.3) is 0 Å². The summed E-state index contributed by atoms with van der Waals surface area (Å²) in [7, 11) is 1.58. The third-order valence-electron chi connectivity index (χ3n) is 3.93. The Morgan fingerprint density at radius 3 is 2.64 bits per heavy atom. The molecule has 6 heteroatoms. The average molecular weight is 368 g/mol. The van der Waals surface area contributed by atoms with Gasteiger partial charge in [0.15, 0.2) is 11.5 Å². The summed E-state index contributed by atoms with van der Waals surface area (Å²) in [5.74, 6) is 0.812. The molecule has 0 bridgehead atoms. The third-order valence-corrected chi connectivity index (χ3v) is 4.29. The molecule has 0 saturated carbocycles. The van der Waals surface area contributed by atoms with Crippen LogP contribution in [0, 0.1) is 5.82 Å². The van der Waals surface area contributed by atoms with Crippen LogP contribution >= 0.6 is 11.6 Å². The molecule has 2 aromatic carbocycles. The van der Waals surface area contributed by atoms with Crippen molar-refractivity contribution in [2.75, 3.05) is 13.7 Å². The van der Waals surface area contributed by atoms with E-state index in [4.69, 9.17) is 21.1 Å². The molecule has 0 aliphatic carbocycles. The minimum atomic E-state index is -0.378. The van der Waals surface area contributed by atoms with Crippen molar-refractivity contribution in [3.8, 4) is 11.5 Å². The van der Waals surface area contributed by atoms with Crippen LogP contribution in [0.3, 0.4) is 0 Å². The predicted molar refractivity (Wildman–Crippen MR) is 96.7 cm³/mol. The van der Waals surface area contributed by atoms with Crippen molar-refractivity contribution in [1.82, 2.24) is 5.32 Å². The molecule has 1 atom stereocenters. The Balaban J connectivity index is 2.03. The van der Waals surface area contributed by atoms with Crippen molar-refractivity contribution in [1.29, 1.82) is 0 Å². The Labute approximate surface area is 152 Å². The normalized spacial score (nSPS) is 12.0. The van der Waals surface area contributed by atoms with E-state index in [1.54, 1.807) is 13.2 Å². The Morgan fingerprint density at radius 1 is 1.20 bits per heavy atom. The highest BCUT2D eigenvalue weighted by Crippen LogP contribution is 2.29. The summed E-state index contributed by atoms with van der Waals surface area (Å²) >= 11 is 6.01. The molecule has 0 amide bonds. The lowest BCUT2D eigenvalue weighted by Crippen LogP contribution is -2.31. The fourth-order valence-electron chi connectivity index (χ4n) is 2.34. The van der Waals surface area contributed by atoms with Gasteiger partial charge < -0.3 is 19.9 Å². The van der Waals surface area contributed by atoms with Gasteiger partial charge in [0.1, 0.15) is 12.4 Å². The summed E-state index contributed by atoms with van der Waals surface area (Å²) in [4.78, 5) is 0. The van der Waals surface area contributed by atoms with Gasteiger partial charge in [0, 0.05) is 18.2 Å². The highest BCUT2D eigenvalue weighted by Gasteiger charge is 2.09. The molecule has 0 saturated heterocycles. The molecule has 2 rings (SSSR count). The number of hydrogen-bond acceptors (Lipinski definition) is 4. The molecule has 136 valence electrons. The molecule has 1 unspecified atom stereocenters. The van der Waals surface area contributed by atoms with Crippen molar-refractivity contribution in [3.63, 3.8) is 0 Å². The summed E-state index contributed by atoms with van der Waals surface area (Å²) in [5.41, 5.74) is 1.72. The summed E-state index contributed by atoms with van der Waals surface area (Å²) in [6.07, 6.45) is 0.854. The number of nitrogens with one attached hydrogen (secondary N) is 1. The molecule has 0 fully saturated rings. The molecule has 2 N–H and O–H groups in total. The fourth-order valence-corrected chi connectivity index (χ4v) is 2.56. The largest absolute Gasteiger partial charge is 0.493 e. The van der Waals surface area contributed by atoms with Crippen LogP contribution in [-0.4, -0.2) is 24.9 Å². The van der Waals surface area contributed by atoms with Crippen LogP contribution in [0.1, 0.15) is 24.5 Å². The second-order valence-corrected chi connectivity index (χ2v) is 6.09. The predicted octanol–water partition coefficient (Wildman–Crippen LogP) is 3.93. The van der Waals surface area contributed by atoms with Crippen molar-refractivity contribution >= 4 is 11.6 Å². The van der Waals surface area contributed by atoms with E-state index in [1.807, 2.05) is 25.1 Å². The van der Waals surface area contributed by atoms with E-state index in [1.165, 1.54) is 12.1 Å². The molecule has 25 heavy (non-hydrogen) atoms. The lowest BCUT2D eigenvalue weighted by molar-refractivity contribution is 0.238.